The van der Waals surface area contributed by atoms with E-state index in [0.717, 1.165) is 83.5 Å². The fraction of sp³-hybridized carbons (Fsp3) is 0.667. The summed E-state index contributed by atoms with van der Waals surface area (Å²) in [6, 6.07) is 0. The van der Waals surface area contributed by atoms with Gasteiger partial charge in [-0.15, -0.1) is 0 Å². The Bertz CT molecular complexity index is 1420. The van der Waals surface area contributed by atoms with Crippen molar-refractivity contribution in [3.05, 3.63) is 109 Å². The number of hydrogen-bond acceptors (Lipinski definition) is 6. The largest absolute Gasteiger partial charge is 0.462 e. The molecule has 0 bridgehead atoms. The van der Waals surface area contributed by atoms with E-state index in [0.29, 0.717) is 25.7 Å². The molecule has 0 aromatic heterocycles. The minimum Gasteiger partial charge on any atom is -0.462 e. The number of ether oxygens (including phenoxy) is 3. The zero-order chi connectivity index (χ0) is 50.0. The summed E-state index contributed by atoms with van der Waals surface area (Å²) >= 11 is 0. The third kappa shape index (κ3) is 54.9. The van der Waals surface area contributed by atoms with E-state index in [1.807, 2.05) is 0 Å². The summed E-state index contributed by atoms with van der Waals surface area (Å²) < 4.78 is 16.8. The molecule has 0 rings (SSSR count). The Morgan fingerprint density at radius 2 is 0.580 bits per heavy atom. The van der Waals surface area contributed by atoms with Gasteiger partial charge in [-0.2, -0.15) is 0 Å². The first-order valence-electron chi connectivity index (χ1n) is 28.4. The molecule has 0 aliphatic rings. The number of carbonyl (C=O) groups excluding carboxylic acids is 3. The van der Waals surface area contributed by atoms with E-state index in [2.05, 4.69) is 130 Å². The molecule has 0 aromatic carbocycles. The maximum Gasteiger partial charge on any atom is 0.306 e. The van der Waals surface area contributed by atoms with Gasteiger partial charge in [-0.05, 0) is 122 Å². The maximum atomic E-state index is 12.8. The summed E-state index contributed by atoms with van der Waals surface area (Å²) in [5.41, 5.74) is 0. The van der Waals surface area contributed by atoms with E-state index in [9.17, 15) is 14.4 Å². The molecule has 0 aliphatic carbocycles. The number of esters is 3. The Balaban J connectivity index is 4.52. The number of hydrogen-bond donors (Lipinski definition) is 0. The van der Waals surface area contributed by atoms with Gasteiger partial charge < -0.3 is 14.2 Å². The van der Waals surface area contributed by atoms with Crippen molar-refractivity contribution in [3.8, 4) is 0 Å². The quantitative estimate of drug-likeness (QED) is 0.0262. The summed E-state index contributed by atoms with van der Waals surface area (Å²) in [7, 11) is 0. The fourth-order valence-electron chi connectivity index (χ4n) is 7.48. The number of rotatable bonds is 50. The summed E-state index contributed by atoms with van der Waals surface area (Å²) in [4.78, 5) is 38.1. The molecule has 0 aliphatic heterocycles. The molecule has 0 saturated heterocycles. The first kappa shape index (κ1) is 65.1. The van der Waals surface area contributed by atoms with Crippen molar-refractivity contribution in [2.45, 2.75) is 258 Å². The van der Waals surface area contributed by atoms with Gasteiger partial charge in [-0.1, -0.05) is 220 Å². The van der Waals surface area contributed by atoms with Gasteiger partial charge >= 0.3 is 17.9 Å². The number of allylic oxidation sites excluding steroid dienone is 18. The molecule has 1 atom stereocenters. The van der Waals surface area contributed by atoms with Crippen LogP contribution in [-0.2, 0) is 28.6 Å². The lowest BCUT2D eigenvalue weighted by molar-refractivity contribution is -0.167. The first-order chi connectivity index (χ1) is 34.0. The predicted octanol–water partition coefficient (Wildman–Crippen LogP) is 19.1. The Hall–Kier alpha value is -3.93. The minimum atomic E-state index is -0.826. The SMILES string of the molecule is CC/C=C\C/C=C\C/C=C\C/C=C\CCCCC(=O)OC[C@H](COC(=O)CCCCCCCCCCC/C=C\CCCCCCCC)OC(=O)CCC/C=C\C/C=C\C/C=C\C/C=C\CCCCC. The van der Waals surface area contributed by atoms with Crippen LogP contribution in [0.1, 0.15) is 252 Å². The second-order valence-corrected chi connectivity index (χ2v) is 18.5. The van der Waals surface area contributed by atoms with Gasteiger partial charge in [0.2, 0.25) is 0 Å². The topological polar surface area (TPSA) is 78.9 Å². The van der Waals surface area contributed by atoms with Gasteiger partial charge in [-0.3, -0.25) is 14.4 Å². The summed E-state index contributed by atoms with van der Waals surface area (Å²) in [5.74, 6) is -1.02. The summed E-state index contributed by atoms with van der Waals surface area (Å²) in [6.07, 6.45) is 76.6. The number of unbranched alkanes of at least 4 members (excludes halogenated alkanes) is 21. The van der Waals surface area contributed by atoms with E-state index >= 15 is 0 Å². The smallest absolute Gasteiger partial charge is 0.306 e. The predicted molar refractivity (Wildman–Crippen MR) is 297 cm³/mol. The minimum absolute atomic E-state index is 0.115. The van der Waals surface area contributed by atoms with E-state index < -0.39 is 6.10 Å². The van der Waals surface area contributed by atoms with Crippen LogP contribution in [-0.4, -0.2) is 37.2 Å². The maximum absolute atomic E-state index is 12.8. The molecule has 0 heterocycles. The summed E-state index contributed by atoms with van der Waals surface area (Å²) in [5, 5.41) is 0. The molecule has 0 aromatic rings. The molecule has 6 nitrogen and oxygen atoms in total. The van der Waals surface area contributed by atoms with Crippen LogP contribution in [0.2, 0.25) is 0 Å². The second kappa shape index (κ2) is 56.7. The molecule has 0 amide bonds. The van der Waals surface area contributed by atoms with Crippen molar-refractivity contribution in [1.29, 1.82) is 0 Å². The highest BCUT2D eigenvalue weighted by Crippen LogP contribution is 2.14. The van der Waals surface area contributed by atoms with E-state index in [4.69, 9.17) is 14.2 Å². The number of carbonyl (C=O) groups is 3. The lowest BCUT2D eigenvalue weighted by Gasteiger charge is -2.18. The zero-order valence-electron chi connectivity index (χ0n) is 44.8. The van der Waals surface area contributed by atoms with Crippen LogP contribution in [0.4, 0.5) is 0 Å². The highest BCUT2D eigenvalue weighted by Gasteiger charge is 2.19. The fourth-order valence-corrected chi connectivity index (χ4v) is 7.48. The second-order valence-electron chi connectivity index (χ2n) is 18.5. The van der Waals surface area contributed by atoms with Crippen LogP contribution in [0, 0.1) is 0 Å². The molecule has 0 radical (unpaired) electrons. The molecule has 0 saturated carbocycles. The van der Waals surface area contributed by atoms with Gasteiger partial charge in [-0.25, -0.2) is 0 Å². The average Bonchev–Trinajstić information content (AvgIpc) is 3.35. The van der Waals surface area contributed by atoms with E-state index in [-0.39, 0.29) is 37.5 Å². The van der Waals surface area contributed by atoms with Gasteiger partial charge in [0.05, 0.1) is 0 Å². The van der Waals surface area contributed by atoms with Crippen LogP contribution in [0.15, 0.2) is 109 Å². The Kier molecular flexibility index (Phi) is 53.4. The monoisotopic (exact) mass is 957 g/mol. The van der Waals surface area contributed by atoms with Crippen molar-refractivity contribution in [1.82, 2.24) is 0 Å². The molecular formula is C63H104O6. The van der Waals surface area contributed by atoms with Crippen LogP contribution in [0.3, 0.4) is 0 Å². The van der Waals surface area contributed by atoms with E-state index in [1.165, 1.54) is 116 Å². The standard InChI is InChI=1S/C63H104O6/c1-4-7-10-13-16-19-22-25-28-30-31-33-35-38-41-44-47-50-53-56-62(65)68-59-60(58-67-61(64)55-52-49-46-43-40-37-34-27-24-21-18-15-12-9-6-3)69-63(66)57-54-51-48-45-42-39-36-32-29-26-23-20-17-14-11-8-5-2/h9,12,17-18,20-21,25-29,34,36,39-40,43,45,48,60H,4-8,10-11,13-16,19,22-24,30-33,35,37-38,41-42,44,46-47,49-59H2,1-3H3/b12-9-,20-17-,21-18-,28-25-,29-26-,34-27-,39-36-,43-40-,48-45-/t60-/m1/s1. The van der Waals surface area contributed by atoms with E-state index in [1.54, 1.807) is 0 Å². The normalized spacial score (nSPS) is 12.9. The molecular weight excluding hydrogens is 853 g/mol. The van der Waals surface area contributed by atoms with Crippen LogP contribution in [0.5, 0.6) is 0 Å². The average molecular weight is 958 g/mol. The molecule has 392 valence electrons. The third-order valence-corrected chi connectivity index (χ3v) is 11.7. The van der Waals surface area contributed by atoms with Crippen molar-refractivity contribution in [3.63, 3.8) is 0 Å². The molecule has 6 heteroatoms. The Labute approximate surface area is 425 Å². The van der Waals surface area contributed by atoms with Crippen LogP contribution in [0.25, 0.3) is 0 Å². The van der Waals surface area contributed by atoms with Crippen LogP contribution < -0.4 is 0 Å². The molecule has 0 fully saturated rings. The van der Waals surface area contributed by atoms with Gasteiger partial charge in [0.15, 0.2) is 6.10 Å². The molecule has 0 N–H and O–H groups in total. The van der Waals surface area contributed by atoms with Gasteiger partial charge in [0.1, 0.15) is 13.2 Å². The van der Waals surface area contributed by atoms with Crippen molar-refractivity contribution in [2.24, 2.45) is 0 Å². The Morgan fingerprint density at radius 1 is 0.304 bits per heavy atom. The van der Waals surface area contributed by atoms with Crippen LogP contribution >= 0.6 is 0 Å². The van der Waals surface area contributed by atoms with Crippen molar-refractivity contribution < 1.29 is 28.6 Å². The lowest BCUT2D eigenvalue weighted by Crippen LogP contribution is -2.30. The Morgan fingerprint density at radius 3 is 1.00 bits per heavy atom. The molecule has 0 unspecified atom stereocenters. The summed E-state index contributed by atoms with van der Waals surface area (Å²) in [6.45, 7) is 6.41. The zero-order valence-corrected chi connectivity index (χ0v) is 44.8. The lowest BCUT2D eigenvalue weighted by atomic mass is 10.1. The van der Waals surface area contributed by atoms with Crippen molar-refractivity contribution in [2.75, 3.05) is 13.2 Å². The third-order valence-electron chi connectivity index (χ3n) is 11.7. The molecule has 69 heavy (non-hydrogen) atoms. The highest BCUT2D eigenvalue weighted by atomic mass is 16.6. The highest BCUT2D eigenvalue weighted by molar-refractivity contribution is 5.71. The van der Waals surface area contributed by atoms with Crippen molar-refractivity contribution >= 4 is 17.9 Å². The van der Waals surface area contributed by atoms with Gasteiger partial charge in [0, 0.05) is 19.3 Å². The van der Waals surface area contributed by atoms with Gasteiger partial charge in [0.25, 0.3) is 0 Å². The first-order valence-corrected chi connectivity index (χ1v) is 28.4. The molecule has 0 spiro atoms.